The molecule has 9 heteroatoms. The third-order valence-corrected chi connectivity index (χ3v) is 3.46. The number of rotatable bonds is 4. The third kappa shape index (κ3) is 3.10. The maximum absolute atomic E-state index is 13.0. The van der Waals surface area contributed by atoms with Crippen molar-refractivity contribution in [2.24, 2.45) is 5.10 Å². The van der Waals surface area contributed by atoms with Crippen LogP contribution in [0.25, 0.3) is 11.4 Å². The van der Waals surface area contributed by atoms with Gasteiger partial charge in [0.1, 0.15) is 5.82 Å². The highest BCUT2D eigenvalue weighted by Gasteiger charge is 2.12. The monoisotopic (exact) mass is 343 g/mol. The van der Waals surface area contributed by atoms with E-state index in [0.717, 1.165) is 0 Å². The van der Waals surface area contributed by atoms with Crippen LogP contribution in [-0.2, 0) is 0 Å². The molecule has 7 nitrogen and oxygen atoms in total. The highest BCUT2D eigenvalue weighted by Crippen LogP contribution is 2.19. The second kappa shape index (κ2) is 6.50. The van der Waals surface area contributed by atoms with Gasteiger partial charge in [0.25, 0.3) is 5.69 Å². The lowest BCUT2D eigenvalue weighted by molar-refractivity contribution is -0.385. The Labute approximate surface area is 140 Å². The van der Waals surface area contributed by atoms with E-state index in [1.54, 1.807) is 18.2 Å². The van der Waals surface area contributed by atoms with E-state index in [2.05, 4.69) is 15.3 Å². The molecule has 0 aliphatic heterocycles. The fourth-order valence-corrected chi connectivity index (χ4v) is 2.25. The molecule has 0 atom stereocenters. The van der Waals surface area contributed by atoms with Gasteiger partial charge >= 0.3 is 0 Å². The fourth-order valence-electron chi connectivity index (χ4n) is 2.07. The van der Waals surface area contributed by atoms with Crippen molar-refractivity contribution in [3.8, 4) is 11.4 Å². The Kier molecular flexibility index (Phi) is 4.25. The average Bonchev–Trinajstić information content (AvgIpc) is 2.94. The molecule has 1 heterocycles. The van der Waals surface area contributed by atoms with E-state index in [4.69, 9.17) is 12.2 Å². The molecule has 120 valence electrons. The molecule has 0 aliphatic rings. The van der Waals surface area contributed by atoms with Gasteiger partial charge in [0.2, 0.25) is 4.77 Å². The molecule has 0 bridgehead atoms. The van der Waals surface area contributed by atoms with Gasteiger partial charge in [-0.15, -0.1) is 0 Å². The Morgan fingerprint density at radius 1 is 1.25 bits per heavy atom. The molecule has 0 aliphatic carbocycles. The Morgan fingerprint density at radius 3 is 2.67 bits per heavy atom. The molecular formula is C15H10FN5O2S. The first-order valence-electron chi connectivity index (χ1n) is 6.77. The van der Waals surface area contributed by atoms with Crippen LogP contribution in [0.3, 0.4) is 0 Å². The molecule has 0 saturated heterocycles. The number of nitrogens with one attached hydrogen (secondary N) is 1. The highest BCUT2D eigenvalue weighted by molar-refractivity contribution is 7.71. The van der Waals surface area contributed by atoms with E-state index < -0.39 is 4.92 Å². The maximum atomic E-state index is 13.0. The number of halogens is 1. The van der Waals surface area contributed by atoms with E-state index in [1.807, 2.05) is 0 Å². The SMILES string of the molecule is O=[N+]([O-])c1ccccc1/C=N/n1c(-c2ccc(F)cc2)n[nH]c1=S. The first-order valence-corrected chi connectivity index (χ1v) is 7.18. The van der Waals surface area contributed by atoms with Crippen molar-refractivity contribution in [1.82, 2.24) is 14.9 Å². The number of H-pyrrole nitrogens is 1. The van der Waals surface area contributed by atoms with Gasteiger partial charge in [-0.2, -0.15) is 14.9 Å². The molecule has 24 heavy (non-hydrogen) atoms. The van der Waals surface area contributed by atoms with Gasteiger partial charge in [-0.25, -0.2) is 9.49 Å². The first-order chi connectivity index (χ1) is 11.6. The van der Waals surface area contributed by atoms with E-state index in [1.165, 1.54) is 41.2 Å². The van der Waals surface area contributed by atoms with E-state index in [-0.39, 0.29) is 16.3 Å². The van der Waals surface area contributed by atoms with Crippen molar-refractivity contribution in [2.75, 3.05) is 0 Å². The van der Waals surface area contributed by atoms with Crippen molar-refractivity contribution in [3.05, 3.63) is 74.8 Å². The topological polar surface area (TPSA) is 89.1 Å². The van der Waals surface area contributed by atoms with Crippen LogP contribution in [-0.4, -0.2) is 26.0 Å². The minimum atomic E-state index is -0.489. The van der Waals surface area contributed by atoms with Crippen LogP contribution in [0.2, 0.25) is 0 Å². The van der Waals surface area contributed by atoms with Crippen molar-refractivity contribution in [1.29, 1.82) is 0 Å². The van der Waals surface area contributed by atoms with Crippen molar-refractivity contribution >= 4 is 24.1 Å². The minimum absolute atomic E-state index is 0.0698. The van der Waals surface area contributed by atoms with Gasteiger partial charge in [-0.3, -0.25) is 10.1 Å². The Morgan fingerprint density at radius 2 is 1.96 bits per heavy atom. The summed E-state index contributed by atoms with van der Waals surface area (Å²) < 4.78 is 14.6. The van der Waals surface area contributed by atoms with Gasteiger partial charge in [0.15, 0.2) is 5.82 Å². The lowest BCUT2D eigenvalue weighted by atomic mass is 10.2. The molecule has 0 saturated carbocycles. The quantitative estimate of drug-likeness (QED) is 0.340. The van der Waals surface area contributed by atoms with Gasteiger partial charge < -0.3 is 0 Å². The van der Waals surface area contributed by atoms with Crippen LogP contribution in [0.15, 0.2) is 53.6 Å². The molecule has 1 aromatic heterocycles. The normalized spacial score (nSPS) is 11.0. The molecule has 3 aromatic rings. The van der Waals surface area contributed by atoms with E-state index >= 15 is 0 Å². The maximum Gasteiger partial charge on any atom is 0.278 e. The van der Waals surface area contributed by atoms with Crippen LogP contribution in [0.5, 0.6) is 0 Å². The van der Waals surface area contributed by atoms with Gasteiger partial charge in [0.05, 0.1) is 16.7 Å². The molecule has 2 aromatic carbocycles. The summed E-state index contributed by atoms with van der Waals surface area (Å²) in [7, 11) is 0. The van der Waals surface area contributed by atoms with Crippen molar-refractivity contribution in [3.63, 3.8) is 0 Å². The van der Waals surface area contributed by atoms with Crippen molar-refractivity contribution < 1.29 is 9.31 Å². The largest absolute Gasteiger partial charge is 0.278 e. The molecular weight excluding hydrogens is 333 g/mol. The molecule has 0 spiro atoms. The average molecular weight is 343 g/mol. The minimum Gasteiger partial charge on any atom is -0.258 e. The summed E-state index contributed by atoms with van der Waals surface area (Å²) in [4.78, 5) is 10.5. The highest BCUT2D eigenvalue weighted by atomic mass is 32.1. The number of para-hydroxylation sites is 1. The standard InChI is InChI=1S/C15H10FN5O2S/c16-12-7-5-10(6-8-12)14-18-19-15(24)20(14)17-9-11-3-1-2-4-13(11)21(22)23/h1-9H,(H,19,24)/b17-9+. The number of hydrogen-bond acceptors (Lipinski definition) is 5. The number of benzene rings is 2. The molecule has 1 N–H and O–H groups in total. The molecule has 0 amide bonds. The number of hydrogen-bond donors (Lipinski definition) is 1. The summed E-state index contributed by atoms with van der Waals surface area (Å²) in [6, 6.07) is 11.9. The van der Waals surface area contributed by atoms with Gasteiger partial charge in [-0.1, -0.05) is 12.1 Å². The van der Waals surface area contributed by atoms with E-state index in [9.17, 15) is 14.5 Å². The van der Waals surface area contributed by atoms with Crippen LogP contribution >= 0.6 is 12.2 Å². The van der Waals surface area contributed by atoms with Crippen LogP contribution < -0.4 is 0 Å². The summed E-state index contributed by atoms with van der Waals surface area (Å²) in [5.41, 5.74) is 0.860. The van der Waals surface area contributed by atoms with Gasteiger partial charge in [0, 0.05) is 11.6 Å². The van der Waals surface area contributed by atoms with Crippen LogP contribution in [0.4, 0.5) is 10.1 Å². The third-order valence-electron chi connectivity index (χ3n) is 3.20. The lowest BCUT2D eigenvalue weighted by Crippen LogP contribution is -1.98. The Hall–Kier alpha value is -3.20. The number of aromatic amines is 1. The number of nitrogens with zero attached hydrogens (tertiary/aromatic N) is 4. The number of nitro groups is 1. The zero-order valence-corrected chi connectivity index (χ0v) is 12.9. The van der Waals surface area contributed by atoms with Crippen LogP contribution in [0.1, 0.15) is 5.56 Å². The number of nitro benzene ring substituents is 1. The Bertz CT molecular complexity index is 978. The van der Waals surface area contributed by atoms with Gasteiger partial charge in [-0.05, 0) is 42.5 Å². The molecule has 3 rings (SSSR count). The zero-order chi connectivity index (χ0) is 17.1. The lowest BCUT2D eigenvalue weighted by Gasteiger charge is -2.01. The summed E-state index contributed by atoms with van der Waals surface area (Å²) in [6.07, 6.45) is 1.33. The Balaban J connectivity index is 2.03. The van der Waals surface area contributed by atoms with E-state index in [0.29, 0.717) is 17.0 Å². The summed E-state index contributed by atoms with van der Waals surface area (Å²) in [5, 5.41) is 21.9. The summed E-state index contributed by atoms with van der Waals surface area (Å²) >= 11 is 5.12. The first kappa shape index (κ1) is 15.7. The second-order valence-corrected chi connectivity index (χ2v) is 5.12. The molecule has 0 radical (unpaired) electrons. The predicted molar refractivity (Wildman–Crippen MR) is 88.9 cm³/mol. The molecule has 0 fully saturated rings. The second-order valence-electron chi connectivity index (χ2n) is 4.73. The van der Waals surface area contributed by atoms with Crippen molar-refractivity contribution in [2.45, 2.75) is 0 Å². The molecule has 0 unspecified atom stereocenters. The summed E-state index contributed by atoms with van der Waals surface area (Å²) in [6.45, 7) is 0. The fraction of sp³-hybridized carbons (Fsp3) is 0. The number of aromatic nitrogens is 3. The summed E-state index contributed by atoms with van der Waals surface area (Å²) in [5.74, 6) is -0.00215. The van der Waals surface area contributed by atoms with Crippen LogP contribution in [0, 0.1) is 20.7 Å². The zero-order valence-electron chi connectivity index (χ0n) is 12.1. The smallest absolute Gasteiger partial charge is 0.258 e. The predicted octanol–water partition coefficient (Wildman–Crippen LogP) is 3.54.